The zero-order valence-electron chi connectivity index (χ0n) is 24.8. The Labute approximate surface area is 260 Å². The Bertz CT molecular complexity index is 1700. The van der Waals surface area contributed by atoms with Crippen LogP contribution >= 0.6 is 11.6 Å². The fourth-order valence-corrected chi connectivity index (χ4v) is 5.72. The lowest BCUT2D eigenvalue weighted by molar-refractivity contribution is -0.131. The van der Waals surface area contributed by atoms with E-state index in [1.165, 1.54) is 6.07 Å². The predicted molar refractivity (Wildman–Crippen MR) is 167 cm³/mol. The number of benzene rings is 3. The first-order chi connectivity index (χ1) is 21.0. The summed E-state index contributed by atoms with van der Waals surface area (Å²) in [7, 11) is 0. The van der Waals surface area contributed by atoms with Gasteiger partial charge in [0.05, 0.1) is 11.3 Å². The number of anilines is 1. The van der Waals surface area contributed by atoms with Crippen molar-refractivity contribution in [2.45, 2.75) is 58.7 Å². The molecule has 1 saturated carbocycles. The molecule has 1 heterocycles. The molecule has 230 valence electrons. The van der Waals surface area contributed by atoms with Crippen LogP contribution < -0.4 is 16.0 Å². The molecule has 2 atom stereocenters. The van der Waals surface area contributed by atoms with Crippen LogP contribution in [-0.2, 0) is 27.4 Å². The maximum absolute atomic E-state index is 14.3. The average molecular weight is 620 g/mol. The molecule has 3 aromatic carbocycles. The fourth-order valence-electron chi connectivity index (χ4n) is 5.53. The third-order valence-corrected chi connectivity index (χ3v) is 7.86. The quantitative estimate of drug-likeness (QED) is 0.188. The summed E-state index contributed by atoms with van der Waals surface area (Å²) in [4.78, 5) is 38.7. The van der Waals surface area contributed by atoms with Crippen molar-refractivity contribution in [1.29, 1.82) is 0 Å². The fraction of sp³-hybridized carbons (Fsp3) is 0.324. The number of alkyl carbamates (subject to hydrolysis) is 1. The molecular weight excluding hydrogens is 585 g/mol. The van der Waals surface area contributed by atoms with Gasteiger partial charge in [-0.25, -0.2) is 9.18 Å². The van der Waals surface area contributed by atoms with Crippen LogP contribution in [0.25, 0.3) is 22.1 Å². The van der Waals surface area contributed by atoms with E-state index < -0.39 is 29.3 Å². The molecule has 1 aliphatic carbocycles. The van der Waals surface area contributed by atoms with Crippen molar-refractivity contribution >= 4 is 46.2 Å². The largest absolute Gasteiger partial charge is 0.464 e. The first-order valence-corrected chi connectivity index (χ1v) is 14.9. The molecule has 0 radical (unpaired) electrons. The number of hydrogen-bond acceptors (Lipinski definition) is 5. The molecule has 8 nitrogen and oxygen atoms in total. The number of halogens is 2. The van der Waals surface area contributed by atoms with Crippen molar-refractivity contribution in [2.24, 2.45) is 11.8 Å². The molecule has 0 aliphatic heterocycles. The van der Waals surface area contributed by atoms with Crippen LogP contribution in [0.1, 0.15) is 51.2 Å². The van der Waals surface area contributed by atoms with Crippen molar-refractivity contribution in [1.82, 2.24) is 10.6 Å². The summed E-state index contributed by atoms with van der Waals surface area (Å²) in [6, 6.07) is 17.8. The summed E-state index contributed by atoms with van der Waals surface area (Å²) in [5, 5.41) is 9.37. The van der Waals surface area contributed by atoms with E-state index in [1.54, 1.807) is 39.2 Å². The summed E-state index contributed by atoms with van der Waals surface area (Å²) in [5.74, 6) is -2.15. The highest BCUT2D eigenvalue weighted by molar-refractivity contribution is 6.30. The van der Waals surface area contributed by atoms with Gasteiger partial charge in [-0.1, -0.05) is 48.4 Å². The number of furan rings is 1. The average Bonchev–Trinajstić information content (AvgIpc) is 3.66. The lowest BCUT2D eigenvalue weighted by Crippen LogP contribution is -2.37. The van der Waals surface area contributed by atoms with Gasteiger partial charge in [-0.2, -0.15) is 0 Å². The van der Waals surface area contributed by atoms with Crippen molar-refractivity contribution in [3.63, 3.8) is 0 Å². The second-order valence-corrected chi connectivity index (χ2v) is 12.4. The molecule has 0 saturated heterocycles. The second-order valence-electron chi connectivity index (χ2n) is 12.0. The number of rotatable bonds is 8. The Hall–Kier alpha value is -4.37. The Morgan fingerprint density at radius 2 is 1.70 bits per heavy atom. The van der Waals surface area contributed by atoms with Gasteiger partial charge in [0.2, 0.25) is 11.8 Å². The van der Waals surface area contributed by atoms with Gasteiger partial charge in [0.15, 0.2) is 0 Å². The van der Waals surface area contributed by atoms with Gasteiger partial charge < -0.3 is 25.1 Å². The molecule has 0 spiro atoms. The molecule has 4 aromatic rings. The number of hydrogen-bond donors (Lipinski definition) is 3. The first kappa shape index (κ1) is 31.1. The molecule has 3 amide bonds. The highest BCUT2D eigenvalue weighted by Crippen LogP contribution is 2.36. The minimum atomic E-state index is -0.597. The Kier molecular flexibility index (Phi) is 9.25. The maximum atomic E-state index is 14.3. The molecule has 1 aliphatic rings. The van der Waals surface area contributed by atoms with Gasteiger partial charge in [-0.3, -0.25) is 9.59 Å². The minimum absolute atomic E-state index is 0.00646. The van der Waals surface area contributed by atoms with Crippen molar-refractivity contribution < 1.29 is 27.9 Å². The zero-order chi connectivity index (χ0) is 31.4. The zero-order valence-corrected chi connectivity index (χ0v) is 25.6. The maximum Gasteiger partial charge on any atom is 0.407 e. The van der Waals surface area contributed by atoms with E-state index in [0.717, 1.165) is 28.5 Å². The van der Waals surface area contributed by atoms with E-state index in [4.69, 9.17) is 20.8 Å². The van der Waals surface area contributed by atoms with Crippen LogP contribution in [0, 0.1) is 17.7 Å². The van der Waals surface area contributed by atoms with Crippen LogP contribution in [-0.4, -0.2) is 23.5 Å². The van der Waals surface area contributed by atoms with Crippen LogP contribution in [0.2, 0.25) is 5.02 Å². The highest BCUT2D eigenvalue weighted by Gasteiger charge is 2.37. The van der Waals surface area contributed by atoms with Crippen LogP contribution in [0.4, 0.5) is 14.9 Å². The van der Waals surface area contributed by atoms with Gasteiger partial charge in [0, 0.05) is 47.1 Å². The molecule has 44 heavy (non-hydrogen) atoms. The van der Waals surface area contributed by atoms with E-state index in [0.29, 0.717) is 24.1 Å². The van der Waals surface area contributed by atoms with E-state index >= 15 is 0 Å². The summed E-state index contributed by atoms with van der Waals surface area (Å²) in [6.45, 7) is 5.68. The van der Waals surface area contributed by atoms with Gasteiger partial charge in [0.1, 0.15) is 17.0 Å². The number of amides is 3. The van der Waals surface area contributed by atoms with E-state index in [-0.39, 0.29) is 35.5 Å². The molecule has 1 fully saturated rings. The summed E-state index contributed by atoms with van der Waals surface area (Å²) in [5.41, 5.74) is 3.40. The van der Waals surface area contributed by atoms with Crippen molar-refractivity contribution in [3.8, 4) is 11.1 Å². The molecule has 2 unspecified atom stereocenters. The van der Waals surface area contributed by atoms with Gasteiger partial charge in [-0.15, -0.1) is 0 Å². The monoisotopic (exact) mass is 619 g/mol. The third-order valence-electron chi connectivity index (χ3n) is 7.57. The lowest BCUT2D eigenvalue weighted by Gasteiger charge is -2.20. The molecular formula is C34H35ClFN3O5. The minimum Gasteiger partial charge on any atom is -0.464 e. The van der Waals surface area contributed by atoms with E-state index in [2.05, 4.69) is 16.0 Å². The number of carbonyl (C=O) groups excluding carboxylic acids is 3. The van der Waals surface area contributed by atoms with E-state index in [9.17, 15) is 18.8 Å². The molecule has 10 heteroatoms. The number of nitrogens with one attached hydrogen (secondary N) is 3. The Morgan fingerprint density at radius 1 is 0.955 bits per heavy atom. The first-order valence-electron chi connectivity index (χ1n) is 14.6. The lowest BCUT2D eigenvalue weighted by atomic mass is 9.93. The summed E-state index contributed by atoms with van der Waals surface area (Å²) >= 11 is 5.86. The van der Waals surface area contributed by atoms with Crippen LogP contribution in [0.3, 0.4) is 0 Å². The predicted octanol–water partition coefficient (Wildman–Crippen LogP) is 7.59. The van der Waals surface area contributed by atoms with Crippen LogP contribution in [0.5, 0.6) is 0 Å². The topological polar surface area (TPSA) is 110 Å². The number of carbonyl (C=O) groups is 3. The Morgan fingerprint density at radius 3 is 2.48 bits per heavy atom. The van der Waals surface area contributed by atoms with Gasteiger partial charge in [-0.05, 0) is 75.1 Å². The smallest absolute Gasteiger partial charge is 0.407 e. The Balaban J connectivity index is 1.29. The summed E-state index contributed by atoms with van der Waals surface area (Å²) < 4.78 is 25.4. The molecule has 3 N–H and O–H groups in total. The van der Waals surface area contributed by atoms with Crippen molar-refractivity contribution in [3.05, 3.63) is 88.9 Å². The SMILES string of the molecule is CC(C)(C)OC(=O)NCc1cccc(-c2cc(NC(=O)C3CCCC3C(=O)NCc3cccc(Cl)c3F)cc3ccoc23)c1. The molecule has 5 rings (SSSR count). The second kappa shape index (κ2) is 13.1. The van der Waals surface area contributed by atoms with Crippen molar-refractivity contribution in [2.75, 3.05) is 5.32 Å². The molecule has 1 aromatic heterocycles. The standard InChI is InChI=1S/C34H35ClFN3O5/c1-34(2,3)44-33(42)38-18-20-7-4-8-21(15-20)27-17-24(16-22-13-14-43-30(22)27)39-32(41)26-11-6-10-25(26)31(40)37-19-23-9-5-12-28(35)29(23)36/h4-5,7-9,12-17,25-26H,6,10-11,18-19H2,1-3H3,(H,37,40)(H,38,42)(H,39,41). The van der Waals surface area contributed by atoms with Gasteiger partial charge >= 0.3 is 6.09 Å². The van der Waals surface area contributed by atoms with E-state index in [1.807, 2.05) is 42.5 Å². The van der Waals surface area contributed by atoms with Crippen LogP contribution in [0.15, 0.2) is 71.3 Å². The molecule has 0 bridgehead atoms. The third kappa shape index (κ3) is 7.39. The summed E-state index contributed by atoms with van der Waals surface area (Å²) in [6.07, 6.45) is 2.96. The normalized spacial score (nSPS) is 16.5. The van der Waals surface area contributed by atoms with Gasteiger partial charge in [0.25, 0.3) is 0 Å². The number of ether oxygens (including phenoxy) is 1. The highest BCUT2D eigenvalue weighted by atomic mass is 35.5. The number of fused-ring (bicyclic) bond motifs is 1.